The average molecular weight is 425 g/mol. The summed E-state index contributed by atoms with van der Waals surface area (Å²) < 4.78 is 33.3. The Balaban J connectivity index is 1.62. The van der Waals surface area contributed by atoms with Gasteiger partial charge in [0, 0.05) is 11.3 Å². The Morgan fingerprint density at radius 3 is 2.37 bits per heavy atom. The summed E-state index contributed by atoms with van der Waals surface area (Å²) in [6.07, 6.45) is 0. The fraction of sp³-hybridized carbons (Fsp3) is 0.174. The zero-order chi connectivity index (χ0) is 21.6. The fourth-order valence-electron chi connectivity index (χ4n) is 2.74. The van der Waals surface area contributed by atoms with Crippen LogP contribution < -0.4 is 14.8 Å². The SMILES string of the molecule is Cc1ccc(S(=O)(=O)Nc2cccc(C(=O)N[C@@H](C)COc3ccccc3)c2)cc1. The summed E-state index contributed by atoms with van der Waals surface area (Å²) in [4.78, 5) is 12.7. The molecule has 3 aromatic carbocycles. The molecular formula is C23H24N2O4S. The summed E-state index contributed by atoms with van der Waals surface area (Å²) in [5.74, 6) is 0.418. The van der Waals surface area contributed by atoms with E-state index in [9.17, 15) is 13.2 Å². The van der Waals surface area contributed by atoms with Crippen LogP contribution in [-0.4, -0.2) is 27.0 Å². The predicted molar refractivity (Wildman–Crippen MR) is 117 cm³/mol. The van der Waals surface area contributed by atoms with E-state index in [1.165, 1.54) is 6.07 Å². The Kier molecular flexibility index (Phi) is 6.74. The molecule has 0 fully saturated rings. The summed E-state index contributed by atoms with van der Waals surface area (Å²) in [6.45, 7) is 4.04. The van der Waals surface area contributed by atoms with Gasteiger partial charge in [0.05, 0.1) is 10.9 Å². The highest BCUT2D eigenvalue weighted by Crippen LogP contribution is 2.18. The quantitative estimate of drug-likeness (QED) is 0.573. The number of para-hydroxylation sites is 1. The second-order valence-electron chi connectivity index (χ2n) is 7.00. The minimum absolute atomic E-state index is 0.162. The van der Waals surface area contributed by atoms with Gasteiger partial charge in [0.2, 0.25) is 0 Å². The van der Waals surface area contributed by atoms with E-state index in [1.54, 1.807) is 42.5 Å². The molecule has 3 aromatic rings. The number of carbonyl (C=O) groups excluding carboxylic acids is 1. The molecule has 0 unspecified atom stereocenters. The molecule has 3 rings (SSSR count). The van der Waals surface area contributed by atoms with Gasteiger partial charge in [-0.05, 0) is 56.3 Å². The highest BCUT2D eigenvalue weighted by atomic mass is 32.2. The largest absolute Gasteiger partial charge is 0.491 e. The molecular weight excluding hydrogens is 400 g/mol. The monoisotopic (exact) mass is 424 g/mol. The Hall–Kier alpha value is -3.32. The Morgan fingerprint density at radius 1 is 0.967 bits per heavy atom. The van der Waals surface area contributed by atoms with E-state index in [4.69, 9.17) is 4.74 Å². The third kappa shape index (κ3) is 5.84. The van der Waals surface area contributed by atoms with E-state index < -0.39 is 10.0 Å². The number of carbonyl (C=O) groups is 1. The Labute approximate surface area is 177 Å². The van der Waals surface area contributed by atoms with E-state index in [0.29, 0.717) is 17.9 Å². The van der Waals surface area contributed by atoms with Crippen molar-refractivity contribution in [3.63, 3.8) is 0 Å². The molecule has 7 heteroatoms. The molecule has 0 aliphatic rings. The molecule has 156 valence electrons. The number of hydrogen-bond donors (Lipinski definition) is 2. The van der Waals surface area contributed by atoms with Crippen molar-refractivity contribution in [1.29, 1.82) is 0 Å². The van der Waals surface area contributed by atoms with Gasteiger partial charge in [0.25, 0.3) is 15.9 Å². The summed E-state index contributed by atoms with van der Waals surface area (Å²) in [5.41, 5.74) is 1.64. The van der Waals surface area contributed by atoms with Crippen molar-refractivity contribution in [3.8, 4) is 5.75 Å². The number of hydrogen-bond acceptors (Lipinski definition) is 4. The van der Waals surface area contributed by atoms with E-state index in [0.717, 1.165) is 11.3 Å². The summed E-state index contributed by atoms with van der Waals surface area (Å²) in [7, 11) is -3.74. The van der Waals surface area contributed by atoms with E-state index >= 15 is 0 Å². The van der Waals surface area contributed by atoms with Gasteiger partial charge >= 0.3 is 0 Å². The Bertz CT molecular complexity index is 1100. The van der Waals surface area contributed by atoms with Crippen LogP contribution in [-0.2, 0) is 10.0 Å². The summed E-state index contributed by atoms with van der Waals surface area (Å²) >= 11 is 0. The molecule has 0 aromatic heterocycles. The fourth-order valence-corrected chi connectivity index (χ4v) is 3.79. The minimum Gasteiger partial charge on any atom is -0.491 e. The van der Waals surface area contributed by atoms with E-state index in [1.807, 2.05) is 44.2 Å². The smallest absolute Gasteiger partial charge is 0.261 e. The zero-order valence-electron chi connectivity index (χ0n) is 16.8. The zero-order valence-corrected chi connectivity index (χ0v) is 17.6. The second kappa shape index (κ2) is 9.45. The van der Waals surface area contributed by atoms with Crippen LogP contribution in [0.5, 0.6) is 5.75 Å². The lowest BCUT2D eigenvalue weighted by Crippen LogP contribution is -2.36. The van der Waals surface area contributed by atoms with Gasteiger partial charge in [-0.25, -0.2) is 8.42 Å². The molecule has 0 saturated carbocycles. The van der Waals surface area contributed by atoms with Crippen molar-refractivity contribution in [2.45, 2.75) is 24.8 Å². The van der Waals surface area contributed by atoms with Gasteiger partial charge in [-0.3, -0.25) is 9.52 Å². The first kappa shape index (κ1) is 21.4. The normalized spacial score (nSPS) is 12.1. The maximum atomic E-state index is 12.6. The number of aryl methyl sites for hydroxylation is 1. The highest BCUT2D eigenvalue weighted by Gasteiger charge is 2.16. The van der Waals surface area contributed by atoms with Gasteiger partial charge < -0.3 is 10.1 Å². The van der Waals surface area contributed by atoms with Crippen LogP contribution in [0.3, 0.4) is 0 Å². The third-order valence-electron chi connectivity index (χ3n) is 4.33. The van der Waals surface area contributed by atoms with Crippen molar-refractivity contribution in [2.24, 2.45) is 0 Å². The van der Waals surface area contributed by atoms with Crippen molar-refractivity contribution in [1.82, 2.24) is 5.32 Å². The van der Waals surface area contributed by atoms with E-state index in [2.05, 4.69) is 10.0 Å². The maximum absolute atomic E-state index is 12.6. The van der Waals surface area contributed by atoms with Crippen LogP contribution in [0.4, 0.5) is 5.69 Å². The Morgan fingerprint density at radius 2 is 1.67 bits per heavy atom. The van der Waals surface area contributed by atoms with Crippen molar-refractivity contribution >= 4 is 21.6 Å². The third-order valence-corrected chi connectivity index (χ3v) is 5.73. The molecule has 1 amide bonds. The van der Waals surface area contributed by atoms with Crippen molar-refractivity contribution < 1.29 is 17.9 Å². The number of sulfonamides is 1. The molecule has 0 heterocycles. The number of benzene rings is 3. The predicted octanol–water partition coefficient (Wildman–Crippen LogP) is 3.99. The number of ether oxygens (including phenoxy) is 1. The number of rotatable bonds is 8. The second-order valence-corrected chi connectivity index (χ2v) is 8.68. The van der Waals surface area contributed by atoms with Gasteiger partial charge in [0.15, 0.2) is 0 Å². The number of anilines is 1. The molecule has 0 spiro atoms. The first-order valence-corrected chi connectivity index (χ1v) is 11.0. The maximum Gasteiger partial charge on any atom is 0.261 e. The molecule has 1 atom stereocenters. The van der Waals surface area contributed by atoms with Gasteiger partial charge in [0.1, 0.15) is 12.4 Å². The molecule has 2 N–H and O–H groups in total. The first-order chi connectivity index (χ1) is 14.3. The van der Waals surface area contributed by atoms with Crippen LogP contribution in [0.1, 0.15) is 22.8 Å². The van der Waals surface area contributed by atoms with Crippen LogP contribution in [0.25, 0.3) is 0 Å². The van der Waals surface area contributed by atoms with Gasteiger partial charge in [-0.15, -0.1) is 0 Å². The first-order valence-electron chi connectivity index (χ1n) is 9.52. The minimum atomic E-state index is -3.74. The summed E-state index contributed by atoms with van der Waals surface area (Å²) in [5, 5.41) is 2.85. The lowest BCUT2D eigenvalue weighted by molar-refractivity contribution is 0.0926. The molecule has 0 aliphatic heterocycles. The molecule has 0 radical (unpaired) electrons. The van der Waals surface area contributed by atoms with Crippen LogP contribution in [0.2, 0.25) is 0 Å². The molecule has 30 heavy (non-hydrogen) atoms. The number of amides is 1. The standard InChI is InChI=1S/C23H24N2O4S/c1-17-11-13-22(14-12-17)30(27,28)25-20-8-6-7-19(15-20)23(26)24-18(2)16-29-21-9-4-3-5-10-21/h3-15,18,25H,16H2,1-2H3,(H,24,26)/t18-/m0/s1. The van der Waals surface area contributed by atoms with Crippen LogP contribution >= 0.6 is 0 Å². The average Bonchev–Trinajstić information content (AvgIpc) is 2.73. The van der Waals surface area contributed by atoms with Gasteiger partial charge in [-0.2, -0.15) is 0 Å². The topological polar surface area (TPSA) is 84.5 Å². The molecule has 0 bridgehead atoms. The molecule has 6 nitrogen and oxygen atoms in total. The summed E-state index contributed by atoms with van der Waals surface area (Å²) in [6, 6.07) is 22.0. The number of nitrogens with one attached hydrogen (secondary N) is 2. The molecule has 0 aliphatic carbocycles. The lowest BCUT2D eigenvalue weighted by Gasteiger charge is -2.15. The van der Waals surface area contributed by atoms with Crippen molar-refractivity contribution in [3.05, 3.63) is 90.0 Å². The van der Waals surface area contributed by atoms with Crippen LogP contribution in [0, 0.1) is 6.92 Å². The molecule has 0 saturated heterocycles. The highest BCUT2D eigenvalue weighted by molar-refractivity contribution is 7.92. The lowest BCUT2D eigenvalue weighted by atomic mass is 10.2. The van der Waals surface area contributed by atoms with E-state index in [-0.39, 0.29) is 16.8 Å². The van der Waals surface area contributed by atoms with Gasteiger partial charge in [-0.1, -0.05) is 42.0 Å². The van der Waals surface area contributed by atoms with Crippen LogP contribution in [0.15, 0.2) is 83.8 Å². The van der Waals surface area contributed by atoms with Crippen molar-refractivity contribution in [2.75, 3.05) is 11.3 Å².